The van der Waals surface area contributed by atoms with E-state index in [1.54, 1.807) is 0 Å². The number of rotatable bonds is 4. The summed E-state index contributed by atoms with van der Waals surface area (Å²) >= 11 is 0. The highest BCUT2D eigenvalue weighted by molar-refractivity contribution is 5.85. The van der Waals surface area contributed by atoms with Crippen molar-refractivity contribution in [2.45, 2.75) is 6.42 Å². The largest absolute Gasteiger partial charge is 0.481 e. The van der Waals surface area contributed by atoms with Gasteiger partial charge in [0.05, 0.1) is 6.42 Å². The van der Waals surface area contributed by atoms with Crippen LogP contribution in [-0.4, -0.2) is 22.2 Å². The number of benzene rings is 1. The lowest BCUT2D eigenvalue weighted by atomic mass is 10.1. The lowest BCUT2D eigenvalue weighted by molar-refractivity contribution is -0.136. The minimum Gasteiger partial charge on any atom is -0.481 e. The number of hydrogen-bond acceptors (Lipinski definition) is 2. The lowest BCUT2D eigenvalue weighted by Crippen LogP contribution is -2.02. The normalized spacial score (nSPS) is 10.6. The zero-order valence-corrected chi connectivity index (χ0v) is 8.18. The Morgan fingerprint density at radius 2 is 2.00 bits per heavy atom. The van der Waals surface area contributed by atoms with Gasteiger partial charge in [-0.3, -0.25) is 4.79 Å². The molecule has 0 unspecified atom stereocenters. The van der Waals surface area contributed by atoms with Gasteiger partial charge in [0.2, 0.25) is 0 Å². The molecule has 16 heavy (non-hydrogen) atoms. The predicted octanol–water partition coefficient (Wildman–Crippen LogP) is 1.55. The zero-order chi connectivity index (χ0) is 12.1. The van der Waals surface area contributed by atoms with Gasteiger partial charge >= 0.3 is 11.9 Å². The second-order valence-corrected chi connectivity index (χ2v) is 3.09. The van der Waals surface area contributed by atoms with Gasteiger partial charge in [-0.1, -0.05) is 12.1 Å². The maximum atomic E-state index is 13.3. The fraction of sp³-hybridized carbons (Fsp3) is 0.0909. The van der Waals surface area contributed by atoms with Crippen LogP contribution in [0.1, 0.15) is 11.1 Å². The molecule has 2 N–H and O–H groups in total. The molecule has 0 aliphatic carbocycles. The van der Waals surface area contributed by atoms with Crippen LogP contribution in [0.3, 0.4) is 0 Å². The molecule has 0 aliphatic rings. The molecule has 0 aromatic heterocycles. The topological polar surface area (TPSA) is 74.6 Å². The molecule has 0 spiro atoms. The summed E-state index contributed by atoms with van der Waals surface area (Å²) in [4.78, 5) is 20.6. The molecule has 1 aromatic rings. The number of carbonyl (C=O) groups is 2. The summed E-state index contributed by atoms with van der Waals surface area (Å²) in [6, 6.07) is 3.88. The van der Waals surface area contributed by atoms with E-state index in [2.05, 4.69) is 0 Å². The lowest BCUT2D eigenvalue weighted by Gasteiger charge is -2.00. The molecule has 0 saturated carbocycles. The first-order chi connectivity index (χ1) is 7.49. The van der Waals surface area contributed by atoms with Crippen LogP contribution in [0.15, 0.2) is 24.3 Å². The Morgan fingerprint density at radius 1 is 1.31 bits per heavy atom. The van der Waals surface area contributed by atoms with E-state index in [-0.39, 0.29) is 5.56 Å². The molecule has 0 atom stereocenters. The average molecular weight is 224 g/mol. The molecule has 5 heteroatoms. The van der Waals surface area contributed by atoms with Crippen molar-refractivity contribution in [1.82, 2.24) is 0 Å². The Hall–Kier alpha value is -2.17. The SMILES string of the molecule is O=C(O)C=Cc1ccc(CC(=O)O)c(F)c1. The van der Waals surface area contributed by atoms with Crippen LogP contribution in [0.5, 0.6) is 0 Å². The van der Waals surface area contributed by atoms with Crippen molar-refractivity contribution in [2.24, 2.45) is 0 Å². The third kappa shape index (κ3) is 3.53. The van der Waals surface area contributed by atoms with E-state index in [9.17, 15) is 14.0 Å². The van der Waals surface area contributed by atoms with Gasteiger partial charge in [-0.15, -0.1) is 0 Å². The van der Waals surface area contributed by atoms with E-state index in [1.807, 2.05) is 0 Å². The first kappa shape index (κ1) is 11.9. The van der Waals surface area contributed by atoms with E-state index in [0.29, 0.717) is 5.56 Å². The summed E-state index contributed by atoms with van der Waals surface area (Å²) < 4.78 is 13.3. The van der Waals surface area contributed by atoms with Crippen molar-refractivity contribution in [3.05, 3.63) is 41.2 Å². The maximum Gasteiger partial charge on any atom is 0.328 e. The van der Waals surface area contributed by atoms with E-state index < -0.39 is 24.2 Å². The van der Waals surface area contributed by atoms with Crippen LogP contribution in [0.25, 0.3) is 6.08 Å². The van der Waals surface area contributed by atoms with Crippen molar-refractivity contribution in [1.29, 1.82) is 0 Å². The second kappa shape index (κ2) is 5.06. The van der Waals surface area contributed by atoms with Gasteiger partial charge in [0.15, 0.2) is 0 Å². The fourth-order valence-electron chi connectivity index (χ4n) is 1.14. The van der Waals surface area contributed by atoms with Crippen LogP contribution < -0.4 is 0 Å². The number of carboxylic acid groups (broad SMARTS) is 2. The summed E-state index contributed by atoms with van der Waals surface area (Å²) in [5.74, 6) is -2.90. The highest BCUT2D eigenvalue weighted by Crippen LogP contribution is 2.12. The van der Waals surface area contributed by atoms with Gasteiger partial charge in [0.25, 0.3) is 0 Å². The second-order valence-electron chi connectivity index (χ2n) is 3.09. The van der Waals surface area contributed by atoms with Crippen molar-refractivity contribution in [3.8, 4) is 0 Å². The molecule has 0 amide bonds. The summed E-state index contributed by atoms with van der Waals surface area (Å²) in [6.07, 6.45) is 1.72. The van der Waals surface area contributed by atoms with Crippen molar-refractivity contribution >= 4 is 18.0 Å². The van der Waals surface area contributed by atoms with Gasteiger partial charge in [0.1, 0.15) is 5.82 Å². The molecule has 0 aliphatic heterocycles. The third-order valence-electron chi connectivity index (χ3n) is 1.84. The molecule has 1 rings (SSSR count). The van der Waals surface area contributed by atoms with Crippen molar-refractivity contribution < 1.29 is 24.2 Å². The fourth-order valence-corrected chi connectivity index (χ4v) is 1.14. The first-order valence-electron chi connectivity index (χ1n) is 4.40. The number of carboxylic acids is 2. The van der Waals surface area contributed by atoms with Crippen LogP contribution in [0.2, 0.25) is 0 Å². The molecule has 0 fully saturated rings. The quantitative estimate of drug-likeness (QED) is 0.761. The molecule has 84 valence electrons. The van der Waals surface area contributed by atoms with Crippen LogP contribution in [0, 0.1) is 5.82 Å². The summed E-state index contributed by atoms with van der Waals surface area (Å²) in [6.45, 7) is 0. The number of hydrogen-bond donors (Lipinski definition) is 2. The van der Waals surface area contributed by atoms with E-state index in [4.69, 9.17) is 10.2 Å². The van der Waals surface area contributed by atoms with Crippen LogP contribution in [-0.2, 0) is 16.0 Å². The van der Waals surface area contributed by atoms with Crippen LogP contribution in [0.4, 0.5) is 4.39 Å². The Bertz CT molecular complexity index is 451. The van der Waals surface area contributed by atoms with Gasteiger partial charge in [-0.25, -0.2) is 9.18 Å². The standard InChI is InChI=1S/C11H9FO4/c12-9-5-7(2-4-10(13)14)1-3-8(9)6-11(15)16/h1-5H,6H2,(H,13,14)(H,15,16). The first-order valence-corrected chi connectivity index (χ1v) is 4.40. The third-order valence-corrected chi connectivity index (χ3v) is 1.84. The summed E-state index contributed by atoms with van der Waals surface area (Å²) in [5, 5.41) is 16.8. The minimum atomic E-state index is -1.13. The van der Waals surface area contributed by atoms with Gasteiger partial charge in [-0.2, -0.15) is 0 Å². The molecular formula is C11H9FO4. The Labute approximate surface area is 90.6 Å². The molecular weight excluding hydrogens is 215 g/mol. The number of aliphatic carboxylic acids is 2. The molecule has 0 radical (unpaired) electrons. The average Bonchev–Trinajstić information content (AvgIpc) is 2.18. The molecule has 0 bridgehead atoms. The summed E-state index contributed by atoms with van der Waals surface area (Å²) in [5.41, 5.74) is 0.439. The van der Waals surface area contributed by atoms with Gasteiger partial charge in [0, 0.05) is 6.08 Å². The summed E-state index contributed by atoms with van der Waals surface area (Å²) in [7, 11) is 0. The molecule has 1 aromatic carbocycles. The zero-order valence-electron chi connectivity index (χ0n) is 8.18. The Balaban J connectivity index is 2.90. The smallest absolute Gasteiger partial charge is 0.328 e. The number of halogens is 1. The Morgan fingerprint density at radius 3 is 2.50 bits per heavy atom. The molecule has 0 heterocycles. The monoisotopic (exact) mass is 224 g/mol. The Kier molecular flexibility index (Phi) is 3.77. The van der Waals surface area contributed by atoms with Crippen molar-refractivity contribution in [3.63, 3.8) is 0 Å². The van der Waals surface area contributed by atoms with Gasteiger partial charge < -0.3 is 10.2 Å². The van der Waals surface area contributed by atoms with Crippen LogP contribution >= 0.6 is 0 Å². The minimum absolute atomic E-state index is 0.0694. The predicted molar refractivity (Wildman–Crippen MR) is 54.4 cm³/mol. The molecule has 0 saturated heterocycles. The van der Waals surface area contributed by atoms with E-state index >= 15 is 0 Å². The van der Waals surface area contributed by atoms with Crippen molar-refractivity contribution in [2.75, 3.05) is 0 Å². The molecule has 4 nitrogen and oxygen atoms in total. The highest BCUT2D eigenvalue weighted by Gasteiger charge is 2.06. The highest BCUT2D eigenvalue weighted by atomic mass is 19.1. The maximum absolute atomic E-state index is 13.3. The van der Waals surface area contributed by atoms with E-state index in [0.717, 1.165) is 12.1 Å². The van der Waals surface area contributed by atoms with Gasteiger partial charge in [-0.05, 0) is 23.3 Å². The van der Waals surface area contributed by atoms with E-state index in [1.165, 1.54) is 18.2 Å².